The van der Waals surface area contributed by atoms with Crippen LogP contribution in [0.4, 0.5) is 0 Å². The number of nitrogens with one attached hydrogen (secondary N) is 2. The lowest BCUT2D eigenvalue weighted by Crippen LogP contribution is -2.38. The van der Waals surface area contributed by atoms with Gasteiger partial charge in [0.15, 0.2) is 15.8 Å². The van der Waals surface area contributed by atoms with Crippen molar-refractivity contribution in [3.05, 3.63) is 59.7 Å². The molecular formula is C22H31N3O3S. The summed E-state index contributed by atoms with van der Waals surface area (Å²) in [7, 11) is -3.16. The predicted molar refractivity (Wildman–Crippen MR) is 118 cm³/mol. The summed E-state index contributed by atoms with van der Waals surface area (Å²) in [4.78, 5) is 4.98. The van der Waals surface area contributed by atoms with Crippen LogP contribution in [0.5, 0.6) is 5.75 Å². The highest BCUT2D eigenvalue weighted by Crippen LogP contribution is 2.14. The van der Waals surface area contributed by atoms with Gasteiger partial charge < -0.3 is 15.4 Å². The Balaban J connectivity index is 1.90. The van der Waals surface area contributed by atoms with Crippen LogP contribution in [0.2, 0.25) is 0 Å². The summed E-state index contributed by atoms with van der Waals surface area (Å²) in [5.41, 5.74) is 2.16. The number of nitrogens with zero attached hydrogens (tertiary/aromatic N) is 1. The Bertz CT molecular complexity index is 894. The number of aliphatic imine (C=N–C) groups is 1. The third-order valence-corrected chi connectivity index (χ3v) is 5.32. The van der Waals surface area contributed by atoms with Crippen molar-refractivity contribution in [2.24, 2.45) is 4.99 Å². The predicted octanol–water partition coefficient (Wildman–Crippen LogP) is 3.18. The summed E-state index contributed by atoms with van der Waals surface area (Å²) < 4.78 is 28.7. The van der Waals surface area contributed by atoms with Crippen molar-refractivity contribution in [3.8, 4) is 5.75 Å². The third-order valence-electron chi connectivity index (χ3n) is 4.19. The molecule has 7 heteroatoms. The number of hydrogen-bond donors (Lipinski definition) is 2. The van der Waals surface area contributed by atoms with Crippen LogP contribution >= 0.6 is 0 Å². The zero-order valence-electron chi connectivity index (χ0n) is 17.4. The molecule has 0 saturated heterocycles. The van der Waals surface area contributed by atoms with Gasteiger partial charge in [-0.2, -0.15) is 0 Å². The first-order valence-corrected chi connectivity index (χ1v) is 11.8. The molecule has 0 saturated carbocycles. The minimum Gasteiger partial charge on any atom is -0.494 e. The highest BCUT2D eigenvalue weighted by atomic mass is 32.2. The highest BCUT2D eigenvalue weighted by Gasteiger charge is 2.06. The molecular weight excluding hydrogens is 386 g/mol. The molecule has 0 radical (unpaired) electrons. The second-order valence-electron chi connectivity index (χ2n) is 6.78. The second kappa shape index (κ2) is 11.5. The summed E-state index contributed by atoms with van der Waals surface area (Å²) in [6.07, 6.45) is 2.97. The first kappa shape index (κ1) is 22.7. The zero-order chi connectivity index (χ0) is 21.1. The molecule has 29 heavy (non-hydrogen) atoms. The Morgan fingerprint density at radius 3 is 2.45 bits per heavy atom. The van der Waals surface area contributed by atoms with Crippen molar-refractivity contribution in [2.75, 3.05) is 26.0 Å². The van der Waals surface area contributed by atoms with Crippen LogP contribution < -0.4 is 15.4 Å². The number of ether oxygens (including phenoxy) is 1. The van der Waals surface area contributed by atoms with Crippen molar-refractivity contribution in [1.29, 1.82) is 0 Å². The van der Waals surface area contributed by atoms with Gasteiger partial charge in [-0.3, -0.25) is 0 Å². The number of sulfone groups is 1. The van der Waals surface area contributed by atoms with Gasteiger partial charge in [-0.15, -0.1) is 0 Å². The lowest BCUT2D eigenvalue weighted by atomic mass is 10.1. The van der Waals surface area contributed by atoms with Crippen LogP contribution in [0.25, 0.3) is 0 Å². The molecule has 0 heterocycles. The minimum absolute atomic E-state index is 0.342. The summed E-state index contributed by atoms with van der Waals surface area (Å²) in [6, 6.07) is 15.0. The van der Waals surface area contributed by atoms with E-state index < -0.39 is 9.84 Å². The molecule has 2 rings (SSSR count). The van der Waals surface area contributed by atoms with Gasteiger partial charge in [-0.1, -0.05) is 31.2 Å². The van der Waals surface area contributed by atoms with E-state index in [-0.39, 0.29) is 0 Å². The van der Waals surface area contributed by atoms with Gasteiger partial charge in [0.2, 0.25) is 0 Å². The summed E-state index contributed by atoms with van der Waals surface area (Å²) in [5.74, 6) is 1.62. The van der Waals surface area contributed by atoms with Crippen molar-refractivity contribution < 1.29 is 13.2 Å². The van der Waals surface area contributed by atoms with Crippen molar-refractivity contribution in [2.45, 2.75) is 38.1 Å². The summed E-state index contributed by atoms with van der Waals surface area (Å²) >= 11 is 0. The topological polar surface area (TPSA) is 79.8 Å². The molecule has 2 N–H and O–H groups in total. The summed E-state index contributed by atoms with van der Waals surface area (Å²) in [5, 5.41) is 6.57. The van der Waals surface area contributed by atoms with Crippen LogP contribution in [0.15, 0.2) is 58.4 Å². The van der Waals surface area contributed by atoms with Gasteiger partial charge in [-0.05, 0) is 55.2 Å². The maximum absolute atomic E-state index is 11.5. The first-order chi connectivity index (χ1) is 13.9. The molecule has 0 bridgehead atoms. The molecule has 0 aromatic heterocycles. The molecule has 158 valence electrons. The van der Waals surface area contributed by atoms with Crippen molar-refractivity contribution >= 4 is 15.8 Å². The molecule has 0 aliphatic carbocycles. The van der Waals surface area contributed by atoms with Gasteiger partial charge >= 0.3 is 0 Å². The summed E-state index contributed by atoms with van der Waals surface area (Å²) in [6.45, 7) is 6.85. The molecule has 2 aromatic carbocycles. The van der Waals surface area contributed by atoms with Gasteiger partial charge in [0, 0.05) is 19.3 Å². The molecule has 0 aliphatic rings. The van der Waals surface area contributed by atoms with Crippen molar-refractivity contribution in [1.82, 2.24) is 10.6 Å². The molecule has 0 aliphatic heterocycles. The Labute approximate surface area is 174 Å². The van der Waals surface area contributed by atoms with Crippen LogP contribution in [-0.4, -0.2) is 40.3 Å². The SMILES string of the molecule is CCCOc1cccc(CN=C(NCC)NCCc2ccc(S(C)(=O)=O)cc2)c1. The fourth-order valence-electron chi connectivity index (χ4n) is 2.69. The van der Waals surface area contributed by atoms with Crippen LogP contribution in [-0.2, 0) is 22.8 Å². The average Bonchev–Trinajstić information content (AvgIpc) is 2.70. The third kappa shape index (κ3) is 8.15. The number of hydrogen-bond acceptors (Lipinski definition) is 4. The Hall–Kier alpha value is -2.54. The lowest BCUT2D eigenvalue weighted by molar-refractivity contribution is 0.317. The molecule has 0 unspecified atom stereocenters. The fraction of sp³-hybridized carbons (Fsp3) is 0.409. The monoisotopic (exact) mass is 417 g/mol. The van der Waals surface area contributed by atoms with E-state index in [1.165, 1.54) is 6.26 Å². The minimum atomic E-state index is -3.16. The molecule has 0 fully saturated rings. The molecule has 0 amide bonds. The van der Waals surface area contributed by atoms with Gasteiger partial charge in [0.1, 0.15) is 5.75 Å². The lowest BCUT2D eigenvalue weighted by Gasteiger charge is -2.12. The van der Waals surface area contributed by atoms with Crippen LogP contribution in [0.3, 0.4) is 0 Å². The van der Waals surface area contributed by atoms with E-state index in [1.54, 1.807) is 12.1 Å². The van der Waals surface area contributed by atoms with E-state index in [9.17, 15) is 8.42 Å². The van der Waals surface area contributed by atoms with Gasteiger partial charge in [-0.25, -0.2) is 13.4 Å². The number of guanidine groups is 1. The quantitative estimate of drug-likeness (QED) is 0.458. The van der Waals surface area contributed by atoms with Crippen LogP contribution in [0, 0.1) is 0 Å². The van der Waals surface area contributed by atoms with E-state index in [0.717, 1.165) is 42.2 Å². The van der Waals surface area contributed by atoms with E-state index in [0.29, 0.717) is 24.6 Å². The van der Waals surface area contributed by atoms with E-state index in [2.05, 4.69) is 22.5 Å². The molecule has 0 spiro atoms. The fourth-order valence-corrected chi connectivity index (χ4v) is 3.32. The number of benzene rings is 2. The standard InChI is InChI=1S/C22H31N3O3S/c1-4-15-28-20-8-6-7-19(16-20)17-25-22(23-5-2)24-14-13-18-9-11-21(12-10-18)29(3,26)27/h6-12,16H,4-5,13-15,17H2,1-3H3,(H2,23,24,25). The maximum Gasteiger partial charge on any atom is 0.191 e. The smallest absolute Gasteiger partial charge is 0.191 e. The molecule has 2 aromatic rings. The second-order valence-corrected chi connectivity index (χ2v) is 8.80. The Morgan fingerprint density at radius 2 is 1.79 bits per heavy atom. The van der Waals surface area contributed by atoms with Crippen LogP contribution in [0.1, 0.15) is 31.4 Å². The first-order valence-electron chi connectivity index (χ1n) is 9.95. The normalized spacial score (nSPS) is 11.9. The zero-order valence-corrected chi connectivity index (χ0v) is 18.3. The Morgan fingerprint density at radius 1 is 1.03 bits per heavy atom. The van der Waals surface area contributed by atoms with Crippen molar-refractivity contribution in [3.63, 3.8) is 0 Å². The number of rotatable bonds is 10. The van der Waals surface area contributed by atoms with E-state index in [1.807, 2.05) is 43.3 Å². The average molecular weight is 418 g/mol. The molecule has 0 atom stereocenters. The maximum atomic E-state index is 11.5. The highest BCUT2D eigenvalue weighted by molar-refractivity contribution is 7.90. The van der Waals surface area contributed by atoms with E-state index >= 15 is 0 Å². The van der Waals surface area contributed by atoms with Gasteiger partial charge in [0.25, 0.3) is 0 Å². The van der Waals surface area contributed by atoms with Gasteiger partial charge in [0.05, 0.1) is 18.0 Å². The van der Waals surface area contributed by atoms with E-state index in [4.69, 9.17) is 4.74 Å². The largest absolute Gasteiger partial charge is 0.494 e. The Kier molecular flexibility index (Phi) is 8.99. The molecule has 6 nitrogen and oxygen atoms in total.